The maximum absolute atomic E-state index is 6.52. The number of ether oxygens (including phenoxy) is 2. The molecule has 2 heterocycles. The van der Waals surface area contributed by atoms with E-state index in [4.69, 9.17) is 44.3 Å². The van der Waals surface area contributed by atoms with Crippen LogP contribution >= 0.6 is 34.8 Å². The second-order valence-electron chi connectivity index (χ2n) is 7.45. The molecule has 3 nitrogen and oxygen atoms in total. The van der Waals surface area contributed by atoms with Crippen molar-refractivity contribution in [3.05, 3.63) is 44.9 Å². The fourth-order valence-electron chi connectivity index (χ4n) is 4.15. The van der Waals surface area contributed by atoms with Crippen LogP contribution in [0.3, 0.4) is 0 Å². The van der Waals surface area contributed by atoms with Gasteiger partial charge in [0.1, 0.15) is 6.10 Å². The van der Waals surface area contributed by atoms with E-state index in [9.17, 15) is 0 Å². The van der Waals surface area contributed by atoms with Gasteiger partial charge in [0.25, 0.3) is 0 Å². The zero-order valence-corrected chi connectivity index (χ0v) is 18.3. The van der Waals surface area contributed by atoms with Crippen molar-refractivity contribution >= 4 is 34.8 Å². The fourth-order valence-corrected chi connectivity index (χ4v) is 5.18. The maximum Gasteiger partial charge on any atom is 0.165 e. The molecule has 28 heavy (non-hydrogen) atoms. The van der Waals surface area contributed by atoms with Crippen LogP contribution in [0.1, 0.15) is 44.6 Å². The standard InChI is InChI=1S/C22H24Cl3NO2/c1-3-14(4-2)27-20-8-12(21-17(24)9-13(23)10-18(21)25)7-15-16-11-26-6-5-19(16)28-22(15)20/h7-10,14,16,19,26H,3-6,11H2,1-2H3/t16-,19-/m0/s1. The Kier molecular flexibility index (Phi) is 5.98. The highest BCUT2D eigenvalue weighted by Gasteiger charge is 2.39. The van der Waals surface area contributed by atoms with Gasteiger partial charge in [-0.3, -0.25) is 0 Å². The van der Waals surface area contributed by atoms with Crippen LogP contribution in [0.2, 0.25) is 15.1 Å². The molecule has 0 radical (unpaired) electrons. The summed E-state index contributed by atoms with van der Waals surface area (Å²) in [5.41, 5.74) is 2.87. The van der Waals surface area contributed by atoms with Gasteiger partial charge in [-0.15, -0.1) is 0 Å². The molecule has 0 aromatic heterocycles. The highest BCUT2D eigenvalue weighted by atomic mass is 35.5. The highest BCUT2D eigenvalue weighted by Crippen LogP contribution is 2.50. The van der Waals surface area contributed by atoms with Crippen molar-refractivity contribution in [1.29, 1.82) is 0 Å². The predicted molar refractivity (Wildman–Crippen MR) is 117 cm³/mol. The monoisotopic (exact) mass is 439 g/mol. The molecule has 0 spiro atoms. The molecule has 1 fully saturated rings. The van der Waals surface area contributed by atoms with Crippen molar-refractivity contribution in [2.24, 2.45) is 0 Å². The molecule has 2 atom stereocenters. The van der Waals surface area contributed by atoms with Gasteiger partial charge < -0.3 is 14.8 Å². The lowest BCUT2D eigenvalue weighted by atomic mass is 9.89. The Morgan fingerprint density at radius 2 is 1.82 bits per heavy atom. The lowest BCUT2D eigenvalue weighted by Crippen LogP contribution is -2.37. The summed E-state index contributed by atoms with van der Waals surface area (Å²) in [5, 5.41) is 5.06. The quantitative estimate of drug-likeness (QED) is 0.560. The van der Waals surface area contributed by atoms with E-state index < -0.39 is 0 Å². The molecular formula is C22H24Cl3NO2. The van der Waals surface area contributed by atoms with Gasteiger partial charge in [0.15, 0.2) is 11.5 Å². The van der Waals surface area contributed by atoms with Gasteiger partial charge in [-0.05, 0) is 55.6 Å². The van der Waals surface area contributed by atoms with Crippen LogP contribution < -0.4 is 14.8 Å². The van der Waals surface area contributed by atoms with Crippen molar-refractivity contribution in [2.45, 2.75) is 51.2 Å². The molecule has 0 bridgehead atoms. The average molecular weight is 441 g/mol. The average Bonchev–Trinajstić information content (AvgIpc) is 3.04. The first-order valence-corrected chi connectivity index (χ1v) is 11.0. The first kappa shape index (κ1) is 20.2. The summed E-state index contributed by atoms with van der Waals surface area (Å²) in [7, 11) is 0. The van der Waals surface area contributed by atoms with Gasteiger partial charge in [-0.25, -0.2) is 0 Å². The summed E-state index contributed by atoms with van der Waals surface area (Å²) in [6, 6.07) is 7.59. The van der Waals surface area contributed by atoms with Crippen LogP contribution in [0.25, 0.3) is 11.1 Å². The van der Waals surface area contributed by atoms with E-state index in [-0.39, 0.29) is 12.2 Å². The summed E-state index contributed by atoms with van der Waals surface area (Å²) < 4.78 is 12.7. The smallest absolute Gasteiger partial charge is 0.165 e. The fraction of sp³-hybridized carbons (Fsp3) is 0.455. The molecule has 2 aromatic rings. The number of nitrogens with one attached hydrogen (secondary N) is 1. The Morgan fingerprint density at radius 3 is 2.50 bits per heavy atom. The zero-order valence-electron chi connectivity index (χ0n) is 16.0. The van der Waals surface area contributed by atoms with Crippen LogP contribution in [-0.2, 0) is 0 Å². The van der Waals surface area contributed by atoms with Gasteiger partial charge in [-0.2, -0.15) is 0 Å². The topological polar surface area (TPSA) is 30.5 Å². The van der Waals surface area contributed by atoms with E-state index in [0.29, 0.717) is 21.0 Å². The largest absolute Gasteiger partial charge is 0.487 e. The summed E-state index contributed by atoms with van der Waals surface area (Å²) in [6.45, 7) is 6.14. The molecule has 0 aliphatic carbocycles. The van der Waals surface area contributed by atoms with Gasteiger partial charge in [0.05, 0.1) is 16.1 Å². The summed E-state index contributed by atoms with van der Waals surface area (Å²) >= 11 is 19.1. The number of benzene rings is 2. The minimum Gasteiger partial charge on any atom is -0.487 e. The Balaban J connectivity index is 1.85. The minimum atomic E-state index is 0.139. The molecular weight excluding hydrogens is 417 g/mol. The van der Waals surface area contributed by atoms with E-state index in [1.165, 1.54) is 0 Å². The Labute approximate surface area is 181 Å². The molecule has 2 aliphatic heterocycles. The first-order chi connectivity index (χ1) is 13.5. The molecule has 6 heteroatoms. The van der Waals surface area contributed by atoms with Crippen LogP contribution in [0, 0.1) is 0 Å². The number of hydrogen-bond acceptors (Lipinski definition) is 3. The van der Waals surface area contributed by atoms with Crippen LogP contribution in [0.15, 0.2) is 24.3 Å². The van der Waals surface area contributed by atoms with Crippen molar-refractivity contribution in [3.8, 4) is 22.6 Å². The Hall–Kier alpha value is -1.13. The van der Waals surface area contributed by atoms with E-state index in [1.807, 2.05) is 6.07 Å². The Morgan fingerprint density at radius 1 is 1.11 bits per heavy atom. The molecule has 0 amide bonds. The van der Waals surface area contributed by atoms with Crippen LogP contribution in [-0.4, -0.2) is 25.3 Å². The number of rotatable bonds is 5. The summed E-state index contributed by atoms with van der Waals surface area (Å²) in [6.07, 6.45) is 3.19. The molecule has 1 saturated heterocycles. The van der Waals surface area contributed by atoms with E-state index in [1.54, 1.807) is 12.1 Å². The van der Waals surface area contributed by atoms with Gasteiger partial charge in [-0.1, -0.05) is 48.7 Å². The van der Waals surface area contributed by atoms with Crippen LogP contribution in [0.4, 0.5) is 0 Å². The normalized spacial score (nSPS) is 20.6. The van der Waals surface area contributed by atoms with Crippen LogP contribution in [0.5, 0.6) is 11.5 Å². The zero-order chi connectivity index (χ0) is 19.8. The summed E-state index contributed by atoms with van der Waals surface area (Å²) in [5.74, 6) is 1.95. The van der Waals surface area contributed by atoms with E-state index in [0.717, 1.165) is 60.5 Å². The number of hydrogen-bond donors (Lipinski definition) is 1. The minimum absolute atomic E-state index is 0.139. The number of fused-ring (bicyclic) bond motifs is 3. The first-order valence-electron chi connectivity index (χ1n) is 9.88. The molecule has 2 aliphatic rings. The Bertz CT molecular complexity index is 859. The van der Waals surface area contributed by atoms with Gasteiger partial charge in [0, 0.05) is 28.6 Å². The van der Waals surface area contributed by atoms with Gasteiger partial charge in [0.2, 0.25) is 0 Å². The number of piperidine rings is 1. The third-order valence-electron chi connectivity index (χ3n) is 5.67. The third kappa shape index (κ3) is 3.70. The molecule has 0 saturated carbocycles. The SMILES string of the molecule is CCC(CC)Oc1cc(-c2c(Cl)cc(Cl)cc2Cl)cc2c1O[C@H]1CCNC[C@@H]21. The molecule has 2 aromatic carbocycles. The van der Waals surface area contributed by atoms with E-state index in [2.05, 4.69) is 25.2 Å². The molecule has 1 N–H and O–H groups in total. The lowest BCUT2D eigenvalue weighted by molar-refractivity contribution is 0.151. The highest BCUT2D eigenvalue weighted by molar-refractivity contribution is 6.41. The van der Waals surface area contributed by atoms with Crippen molar-refractivity contribution in [2.75, 3.05) is 13.1 Å². The van der Waals surface area contributed by atoms with Crippen molar-refractivity contribution in [1.82, 2.24) is 5.32 Å². The third-order valence-corrected chi connectivity index (χ3v) is 6.49. The number of halogens is 3. The molecule has 0 unspecified atom stereocenters. The van der Waals surface area contributed by atoms with Crippen molar-refractivity contribution in [3.63, 3.8) is 0 Å². The lowest BCUT2D eigenvalue weighted by Gasteiger charge is -2.24. The second-order valence-corrected chi connectivity index (χ2v) is 8.70. The molecule has 4 rings (SSSR count). The maximum atomic E-state index is 6.52. The van der Waals surface area contributed by atoms with Crippen molar-refractivity contribution < 1.29 is 9.47 Å². The van der Waals surface area contributed by atoms with E-state index >= 15 is 0 Å². The molecule has 150 valence electrons. The second kappa shape index (κ2) is 8.31. The predicted octanol–water partition coefficient (Wildman–Crippen LogP) is 6.72. The summed E-state index contributed by atoms with van der Waals surface area (Å²) in [4.78, 5) is 0. The van der Waals surface area contributed by atoms with Gasteiger partial charge >= 0.3 is 0 Å².